The van der Waals surface area contributed by atoms with Gasteiger partial charge in [-0.25, -0.2) is 0 Å². The third-order valence-electron chi connectivity index (χ3n) is 7.92. The average Bonchev–Trinajstić information content (AvgIpc) is 3.27. The van der Waals surface area contributed by atoms with Crippen molar-refractivity contribution in [3.05, 3.63) is 65.5 Å². The Morgan fingerprint density at radius 2 is 1.71 bits per heavy atom. The summed E-state index contributed by atoms with van der Waals surface area (Å²) in [5, 5.41) is 0. The smallest absolute Gasteiger partial charge is 0.0444 e. The summed E-state index contributed by atoms with van der Waals surface area (Å²) in [6.07, 6.45) is 13.2. The molecule has 1 aromatic carbocycles. The molecule has 0 bridgehead atoms. The van der Waals surface area contributed by atoms with E-state index in [0.717, 1.165) is 18.3 Å². The van der Waals surface area contributed by atoms with Crippen LogP contribution >= 0.6 is 0 Å². The lowest BCUT2D eigenvalue weighted by molar-refractivity contribution is 0.434. The first-order chi connectivity index (χ1) is 15.0. The summed E-state index contributed by atoms with van der Waals surface area (Å²) < 4.78 is 0. The highest BCUT2D eigenvalue weighted by Crippen LogP contribution is 2.40. The maximum absolute atomic E-state index is 5.23. The van der Waals surface area contributed by atoms with Crippen LogP contribution in [0.25, 0.3) is 11.1 Å². The zero-order valence-corrected chi connectivity index (χ0v) is 20.0. The van der Waals surface area contributed by atoms with E-state index in [9.17, 15) is 0 Å². The van der Waals surface area contributed by atoms with Crippen molar-refractivity contribution in [2.24, 2.45) is 17.8 Å². The molecule has 0 spiro atoms. The molecule has 2 atom stereocenters. The quantitative estimate of drug-likeness (QED) is 0.412. The number of allylic oxidation sites excluding steroid dienone is 1. The molecule has 1 heterocycles. The van der Waals surface area contributed by atoms with Crippen LogP contribution in [0.2, 0.25) is 0 Å². The predicted molar refractivity (Wildman–Crippen MR) is 133 cm³/mol. The molecule has 31 heavy (non-hydrogen) atoms. The Morgan fingerprint density at radius 3 is 2.42 bits per heavy atom. The monoisotopic (exact) mass is 415 g/mol. The number of aromatic nitrogens is 1. The first-order valence-corrected chi connectivity index (χ1v) is 12.8. The van der Waals surface area contributed by atoms with E-state index in [1.54, 1.807) is 0 Å². The number of benzene rings is 1. The molecule has 0 amide bonds. The van der Waals surface area contributed by atoms with Crippen LogP contribution in [-0.4, -0.2) is 4.98 Å². The number of pyridine rings is 1. The zero-order valence-electron chi connectivity index (χ0n) is 20.0. The van der Waals surface area contributed by atoms with Crippen LogP contribution < -0.4 is 0 Å². The van der Waals surface area contributed by atoms with Crippen molar-refractivity contribution in [1.82, 2.24) is 4.98 Å². The number of nitrogens with zero attached hydrogens (tertiary/aromatic N) is 1. The Hall–Kier alpha value is -1.89. The molecule has 2 aliphatic carbocycles. The molecule has 1 nitrogen and oxygen atoms in total. The van der Waals surface area contributed by atoms with Gasteiger partial charge in [0, 0.05) is 17.3 Å². The lowest BCUT2D eigenvalue weighted by Crippen LogP contribution is -2.09. The van der Waals surface area contributed by atoms with Gasteiger partial charge in [-0.05, 0) is 92.9 Å². The highest BCUT2D eigenvalue weighted by atomic mass is 14.7. The summed E-state index contributed by atoms with van der Waals surface area (Å²) in [5.74, 6) is 2.86. The van der Waals surface area contributed by atoms with Crippen LogP contribution in [0.4, 0.5) is 0 Å². The number of rotatable bonds is 7. The zero-order chi connectivity index (χ0) is 21.8. The molecule has 2 saturated carbocycles. The number of hydrogen-bond donors (Lipinski definition) is 0. The SMILES string of the molecule is C=C(C(C)C)C1CC[C@H](CCc2cc(-c3ccc(C)cc3)cc(C3CCCCC3)n2)C1. The highest BCUT2D eigenvalue weighted by Gasteiger charge is 2.27. The van der Waals surface area contributed by atoms with Crippen LogP contribution in [0.15, 0.2) is 48.6 Å². The van der Waals surface area contributed by atoms with E-state index in [-0.39, 0.29) is 0 Å². The molecule has 2 fully saturated rings. The second kappa shape index (κ2) is 10.2. The second-order valence-corrected chi connectivity index (χ2v) is 10.6. The Balaban J connectivity index is 1.50. The topological polar surface area (TPSA) is 12.9 Å². The summed E-state index contributed by atoms with van der Waals surface area (Å²) >= 11 is 0. The lowest BCUT2D eigenvalue weighted by Gasteiger charge is -2.22. The Labute approximate surface area is 190 Å². The molecule has 0 saturated heterocycles. The first-order valence-electron chi connectivity index (χ1n) is 12.8. The molecule has 1 heteroatoms. The van der Waals surface area contributed by atoms with Gasteiger partial charge in [0.2, 0.25) is 0 Å². The first kappa shape index (κ1) is 22.3. The molecular weight excluding hydrogens is 374 g/mol. The van der Waals surface area contributed by atoms with Gasteiger partial charge >= 0.3 is 0 Å². The molecule has 2 aromatic rings. The molecule has 4 rings (SSSR count). The van der Waals surface area contributed by atoms with Crippen molar-refractivity contribution in [2.75, 3.05) is 0 Å². The van der Waals surface area contributed by atoms with Gasteiger partial charge in [0.25, 0.3) is 0 Å². The fourth-order valence-electron chi connectivity index (χ4n) is 5.76. The summed E-state index contributed by atoms with van der Waals surface area (Å²) in [4.78, 5) is 5.23. The number of hydrogen-bond acceptors (Lipinski definition) is 1. The predicted octanol–water partition coefficient (Wildman–Crippen LogP) is 8.67. The van der Waals surface area contributed by atoms with Crippen LogP contribution in [-0.2, 0) is 6.42 Å². The second-order valence-electron chi connectivity index (χ2n) is 10.6. The van der Waals surface area contributed by atoms with E-state index < -0.39 is 0 Å². The van der Waals surface area contributed by atoms with Crippen molar-refractivity contribution in [1.29, 1.82) is 0 Å². The largest absolute Gasteiger partial charge is 0.258 e. The van der Waals surface area contributed by atoms with Gasteiger partial charge in [0.15, 0.2) is 0 Å². The standard InChI is InChI=1S/C30H41N/c1-21(2)23(4)27-16-12-24(18-27)13-17-29-19-28(25-14-10-22(3)11-15-25)20-30(31-29)26-8-6-5-7-9-26/h10-11,14-15,19-21,24,26-27H,4-9,12-13,16-18H2,1-3H3/t24-,27?/m1/s1. The van der Waals surface area contributed by atoms with E-state index in [4.69, 9.17) is 4.98 Å². The van der Waals surface area contributed by atoms with Crippen molar-refractivity contribution in [3.63, 3.8) is 0 Å². The normalized spacial score (nSPS) is 22.2. The summed E-state index contributed by atoms with van der Waals surface area (Å²) in [6.45, 7) is 11.1. The highest BCUT2D eigenvalue weighted by molar-refractivity contribution is 5.64. The lowest BCUT2D eigenvalue weighted by atomic mass is 9.85. The van der Waals surface area contributed by atoms with Crippen LogP contribution in [0.1, 0.15) is 94.5 Å². The van der Waals surface area contributed by atoms with Gasteiger partial charge in [-0.1, -0.05) is 75.1 Å². The molecule has 0 radical (unpaired) electrons. The molecule has 1 aromatic heterocycles. The third kappa shape index (κ3) is 5.68. The average molecular weight is 416 g/mol. The van der Waals surface area contributed by atoms with E-state index in [0.29, 0.717) is 11.8 Å². The fourth-order valence-corrected chi connectivity index (χ4v) is 5.76. The molecule has 0 aliphatic heterocycles. The molecular formula is C30H41N. The molecule has 166 valence electrons. The Bertz CT molecular complexity index is 870. The van der Waals surface area contributed by atoms with Crippen LogP contribution in [0.3, 0.4) is 0 Å². The Kier molecular flexibility index (Phi) is 7.31. The van der Waals surface area contributed by atoms with Crippen molar-refractivity contribution >= 4 is 0 Å². The number of aryl methyl sites for hydroxylation is 2. The molecule has 1 unspecified atom stereocenters. The van der Waals surface area contributed by atoms with Crippen molar-refractivity contribution in [2.45, 2.75) is 90.9 Å². The molecule has 2 aliphatic rings. The maximum Gasteiger partial charge on any atom is 0.0444 e. The van der Waals surface area contributed by atoms with Gasteiger partial charge < -0.3 is 0 Å². The van der Waals surface area contributed by atoms with Crippen molar-refractivity contribution in [3.8, 4) is 11.1 Å². The maximum atomic E-state index is 5.23. The van der Waals surface area contributed by atoms with Gasteiger partial charge in [-0.2, -0.15) is 0 Å². The van der Waals surface area contributed by atoms with E-state index in [2.05, 4.69) is 63.7 Å². The summed E-state index contributed by atoms with van der Waals surface area (Å²) in [6, 6.07) is 13.8. The fraction of sp³-hybridized carbons (Fsp3) is 0.567. The Morgan fingerprint density at radius 1 is 0.968 bits per heavy atom. The summed E-state index contributed by atoms with van der Waals surface area (Å²) in [5.41, 5.74) is 8.16. The van der Waals surface area contributed by atoms with E-state index >= 15 is 0 Å². The van der Waals surface area contributed by atoms with Gasteiger partial charge in [0.05, 0.1) is 0 Å². The van der Waals surface area contributed by atoms with E-state index in [1.807, 2.05) is 0 Å². The summed E-state index contributed by atoms with van der Waals surface area (Å²) in [7, 11) is 0. The molecule has 0 N–H and O–H groups in total. The third-order valence-corrected chi connectivity index (χ3v) is 7.92. The van der Waals surface area contributed by atoms with Crippen LogP contribution in [0.5, 0.6) is 0 Å². The minimum Gasteiger partial charge on any atom is -0.258 e. The van der Waals surface area contributed by atoms with Crippen molar-refractivity contribution < 1.29 is 0 Å². The van der Waals surface area contributed by atoms with Gasteiger partial charge in [0.1, 0.15) is 0 Å². The minimum atomic E-state index is 0.620. The van der Waals surface area contributed by atoms with Gasteiger partial charge in [-0.15, -0.1) is 0 Å². The van der Waals surface area contributed by atoms with E-state index in [1.165, 1.54) is 91.4 Å². The van der Waals surface area contributed by atoms with Crippen LogP contribution in [0, 0.1) is 24.7 Å². The van der Waals surface area contributed by atoms with Gasteiger partial charge in [-0.3, -0.25) is 4.98 Å². The minimum absolute atomic E-state index is 0.620.